The van der Waals surface area contributed by atoms with Gasteiger partial charge in [-0.1, -0.05) is 172 Å². The third-order valence-corrected chi connectivity index (χ3v) is 14.5. The van der Waals surface area contributed by atoms with Crippen molar-refractivity contribution in [1.82, 2.24) is 0 Å². The van der Waals surface area contributed by atoms with E-state index in [1.165, 1.54) is 86.9 Å². The molecule has 12 rings (SSSR count). The van der Waals surface area contributed by atoms with E-state index >= 15 is 0 Å². The number of hydrogen-bond donors (Lipinski definition) is 0. The van der Waals surface area contributed by atoms with E-state index in [4.69, 9.17) is 0 Å². The van der Waals surface area contributed by atoms with Gasteiger partial charge in [0.2, 0.25) is 0 Å². The van der Waals surface area contributed by atoms with Crippen LogP contribution >= 0.6 is 11.3 Å². The highest BCUT2D eigenvalue weighted by molar-refractivity contribution is 7.25. The van der Waals surface area contributed by atoms with E-state index < -0.39 is 5.41 Å². The van der Waals surface area contributed by atoms with Crippen LogP contribution in [0.4, 0.5) is 17.1 Å². The first-order chi connectivity index (χ1) is 29.5. The first-order valence-electron chi connectivity index (χ1n) is 20.9. The number of thiophene rings is 1. The van der Waals surface area contributed by atoms with E-state index in [0.29, 0.717) is 0 Å². The Bertz CT molecular complexity index is 3230. The Labute approximate surface area is 355 Å². The summed E-state index contributed by atoms with van der Waals surface area (Å²) in [5, 5.41) is 2.56. The molecule has 1 heterocycles. The SMILES string of the molecule is CC1(C)c2ccccc2C2(c3ccccc3-c3c(-c4ccc5sc6ccc(N(c7ccccc7)c7ccc(-c8ccccc8)cc7)cc6c5c4)cccc32)c2ccccc21. The third kappa shape index (κ3) is 4.98. The summed E-state index contributed by atoms with van der Waals surface area (Å²) in [6.07, 6.45) is 0. The zero-order valence-electron chi connectivity index (χ0n) is 33.6. The molecule has 0 saturated heterocycles. The zero-order valence-corrected chi connectivity index (χ0v) is 34.4. The van der Waals surface area contributed by atoms with Gasteiger partial charge in [-0.15, -0.1) is 11.3 Å². The van der Waals surface area contributed by atoms with Crippen LogP contribution in [0.25, 0.3) is 53.6 Å². The largest absolute Gasteiger partial charge is 0.310 e. The van der Waals surface area contributed by atoms with Crippen molar-refractivity contribution in [1.29, 1.82) is 0 Å². The van der Waals surface area contributed by atoms with E-state index in [0.717, 1.165) is 17.1 Å². The highest BCUT2D eigenvalue weighted by atomic mass is 32.1. The normalized spacial score (nSPS) is 14.1. The minimum Gasteiger partial charge on any atom is -0.310 e. The Hall–Kier alpha value is -7.00. The van der Waals surface area contributed by atoms with E-state index in [2.05, 4.69) is 231 Å². The van der Waals surface area contributed by atoms with Gasteiger partial charge in [-0.3, -0.25) is 0 Å². The molecule has 1 nitrogen and oxygen atoms in total. The number of para-hydroxylation sites is 1. The van der Waals surface area contributed by atoms with Gasteiger partial charge in [0.1, 0.15) is 0 Å². The Morgan fingerprint density at radius 1 is 0.350 bits per heavy atom. The fourth-order valence-electron chi connectivity index (χ4n) is 10.7. The van der Waals surface area contributed by atoms with Gasteiger partial charge < -0.3 is 4.90 Å². The maximum absolute atomic E-state index is 2.45. The second kappa shape index (κ2) is 13.3. The topological polar surface area (TPSA) is 3.24 Å². The Balaban J connectivity index is 1.04. The molecule has 0 amide bonds. The average Bonchev–Trinajstić information content (AvgIpc) is 3.83. The standard InChI is InChI=1S/C58H41NS/c1-57(2)49-23-11-13-25-51(49)58(52-26-14-12-24-50(52)57)48-22-10-9-20-45(48)56-44(21-15-27-53(56)58)40-30-34-54-46(36-40)47-37-43(33-35-55(47)60-54)59(41-18-7-4-8-19-41)42-31-28-39(29-32-42)38-16-5-3-6-17-38/h3-37H,1-2H3. The number of nitrogens with zero attached hydrogens (tertiary/aromatic N) is 1. The Morgan fingerprint density at radius 2 is 0.833 bits per heavy atom. The minimum absolute atomic E-state index is 0.126. The molecule has 0 N–H and O–H groups in total. The molecule has 9 aromatic carbocycles. The molecule has 0 fully saturated rings. The fraction of sp³-hybridized carbons (Fsp3) is 0.0690. The molecule has 60 heavy (non-hydrogen) atoms. The lowest BCUT2D eigenvalue weighted by Gasteiger charge is -2.46. The molecule has 0 unspecified atom stereocenters. The predicted octanol–water partition coefficient (Wildman–Crippen LogP) is 15.9. The van der Waals surface area contributed by atoms with Crippen LogP contribution in [0.1, 0.15) is 47.2 Å². The molecule has 1 aromatic heterocycles. The Morgan fingerprint density at radius 3 is 1.53 bits per heavy atom. The van der Waals surface area contributed by atoms with Gasteiger partial charge in [-0.05, 0) is 121 Å². The highest BCUT2D eigenvalue weighted by Crippen LogP contribution is 2.63. The minimum atomic E-state index is -0.418. The molecule has 0 atom stereocenters. The second-order valence-electron chi connectivity index (χ2n) is 16.8. The number of anilines is 3. The van der Waals surface area contributed by atoms with E-state index in [9.17, 15) is 0 Å². The van der Waals surface area contributed by atoms with E-state index in [-0.39, 0.29) is 5.41 Å². The average molecular weight is 784 g/mol. The maximum atomic E-state index is 2.45. The van der Waals surface area contributed by atoms with Crippen LogP contribution in [-0.2, 0) is 10.8 Å². The molecule has 1 spiro atoms. The lowest BCUT2D eigenvalue weighted by atomic mass is 9.55. The molecule has 0 aliphatic heterocycles. The smallest absolute Gasteiger partial charge is 0.0719 e. The summed E-state index contributed by atoms with van der Waals surface area (Å²) in [4.78, 5) is 2.38. The van der Waals surface area contributed by atoms with Crippen molar-refractivity contribution in [3.63, 3.8) is 0 Å². The fourth-order valence-corrected chi connectivity index (χ4v) is 11.7. The lowest BCUT2D eigenvalue weighted by molar-refractivity contribution is 0.563. The molecule has 2 aliphatic rings. The Kier molecular flexibility index (Phi) is 7.73. The van der Waals surface area contributed by atoms with Crippen LogP contribution in [0.15, 0.2) is 212 Å². The van der Waals surface area contributed by atoms with Gasteiger partial charge in [-0.25, -0.2) is 0 Å². The van der Waals surface area contributed by atoms with Crippen molar-refractivity contribution in [3.05, 3.63) is 246 Å². The van der Waals surface area contributed by atoms with Gasteiger partial charge in [0, 0.05) is 42.6 Å². The van der Waals surface area contributed by atoms with Crippen LogP contribution in [0.3, 0.4) is 0 Å². The van der Waals surface area contributed by atoms with Gasteiger partial charge in [0.05, 0.1) is 5.41 Å². The van der Waals surface area contributed by atoms with Crippen molar-refractivity contribution in [3.8, 4) is 33.4 Å². The number of rotatable bonds is 5. The third-order valence-electron chi connectivity index (χ3n) is 13.3. The summed E-state index contributed by atoms with van der Waals surface area (Å²) >= 11 is 1.87. The molecule has 0 radical (unpaired) electrons. The monoisotopic (exact) mass is 783 g/mol. The summed E-state index contributed by atoms with van der Waals surface area (Å²) < 4.78 is 2.59. The number of benzene rings is 9. The lowest BCUT2D eigenvalue weighted by Crippen LogP contribution is -2.40. The second-order valence-corrected chi connectivity index (χ2v) is 17.9. The van der Waals surface area contributed by atoms with Crippen LogP contribution in [0, 0.1) is 0 Å². The summed E-state index contributed by atoms with van der Waals surface area (Å²) in [6, 6.07) is 79.0. The van der Waals surface area contributed by atoms with Crippen molar-refractivity contribution >= 4 is 48.6 Å². The zero-order chi connectivity index (χ0) is 40.0. The number of hydrogen-bond acceptors (Lipinski definition) is 2. The molecule has 2 aliphatic carbocycles. The molecular weight excluding hydrogens is 743 g/mol. The molecular formula is C58H41NS. The van der Waals surface area contributed by atoms with Crippen LogP contribution in [0.2, 0.25) is 0 Å². The van der Waals surface area contributed by atoms with E-state index in [1.54, 1.807) is 0 Å². The van der Waals surface area contributed by atoms with Crippen molar-refractivity contribution in [2.24, 2.45) is 0 Å². The van der Waals surface area contributed by atoms with Crippen LogP contribution in [-0.4, -0.2) is 0 Å². The maximum Gasteiger partial charge on any atom is 0.0719 e. The summed E-state index contributed by atoms with van der Waals surface area (Å²) in [5.41, 5.74) is 18.8. The molecule has 284 valence electrons. The first kappa shape index (κ1) is 35.0. The summed E-state index contributed by atoms with van der Waals surface area (Å²) in [5.74, 6) is 0. The first-order valence-corrected chi connectivity index (χ1v) is 21.7. The van der Waals surface area contributed by atoms with Crippen molar-refractivity contribution in [2.75, 3.05) is 4.90 Å². The summed E-state index contributed by atoms with van der Waals surface area (Å²) in [6.45, 7) is 4.78. The highest BCUT2D eigenvalue weighted by Gasteiger charge is 2.53. The predicted molar refractivity (Wildman–Crippen MR) is 254 cm³/mol. The molecule has 0 bridgehead atoms. The molecule has 0 saturated carbocycles. The van der Waals surface area contributed by atoms with Gasteiger partial charge in [-0.2, -0.15) is 0 Å². The summed E-state index contributed by atoms with van der Waals surface area (Å²) in [7, 11) is 0. The van der Waals surface area contributed by atoms with E-state index in [1.807, 2.05) is 11.3 Å². The number of fused-ring (bicyclic) bond motifs is 12. The van der Waals surface area contributed by atoms with Crippen molar-refractivity contribution in [2.45, 2.75) is 24.7 Å². The van der Waals surface area contributed by atoms with Gasteiger partial charge in [0.15, 0.2) is 0 Å². The quantitative estimate of drug-likeness (QED) is 0.168. The van der Waals surface area contributed by atoms with Gasteiger partial charge in [0.25, 0.3) is 0 Å². The van der Waals surface area contributed by atoms with Crippen LogP contribution in [0.5, 0.6) is 0 Å². The molecule has 2 heteroatoms. The van der Waals surface area contributed by atoms with Crippen LogP contribution < -0.4 is 4.90 Å². The van der Waals surface area contributed by atoms with Gasteiger partial charge >= 0.3 is 0 Å². The van der Waals surface area contributed by atoms with Crippen molar-refractivity contribution < 1.29 is 0 Å². The molecule has 10 aromatic rings.